The molecule has 1 aromatic heterocycles. The van der Waals surface area contributed by atoms with E-state index in [-0.39, 0.29) is 17.7 Å². The summed E-state index contributed by atoms with van der Waals surface area (Å²) in [4.78, 5) is 26.3. The van der Waals surface area contributed by atoms with Crippen LogP contribution in [-0.4, -0.2) is 41.4 Å². The summed E-state index contributed by atoms with van der Waals surface area (Å²) in [5.41, 5.74) is 0.827. The van der Waals surface area contributed by atoms with Gasteiger partial charge < -0.3 is 19.8 Å². The first-order valence-electron chi connectivity index (χ1n) is 8.50. The highest BCUT2D eigenvalue weighted by molar-refractivity contribution is 8.18. The van der Waals surface area contributed by atoms with E-state index in [9.17, 15) is 9.59 Å². The van der Waals surface area contributed by atoms with Crippen LogP contribution in [0.5, 0.6) is 5.75 Å². The van der Waals surface area contributed by atoms with E-state index >= 15 is 0 Å². The maximum absolute atomic E-state index is 12.5. The van der Waals surface area contributed by atoms with Gasteiger partial charge in [-0.25, -0.2) is 0 Å². The van der Waals surface area contributed by atoms with Crippen LogP contribution >= 0.6 is 24.0 Å². The number of benzene rings is 1. The fraction of sp³-hybridized carbons (Fsp3) is 0.211. The molecule has 1 aliphatic heterocycles. The fourth-order valence-electron chi connectivity index (χ4n) is 2.47. The highest BCUT2D eigenvalue weighted by atomic mass is 32.2. The van der Waals surface area contributed by atoms with Crippen molar-refractivity contribution in [3.05, 3.63) is 58.9 Å². The van der Waals surface area contributed by atoms with Crippen molar-refractivity contribution in [2.75, 3.05) is 20.2 Å². The maximum Gasteiger partial charge on any atom is 0.293 e. The fourth-order valence-corrected chi connectivity index (χ4v) is 3.51. The number of carbonyl (C=O) groups excluding carboxylic acids is 2. The van der Waals surface area contributed by atoms with E-state index in [4.69, 9.17) is 21.4 Å². The first kappa shape index (κ1) is 20.0. The summed E-state index contributed by atoms with van der Waals surface area (Å²) in [5.74, 6) is 1.19. The van der Waals surface area contributed by atoms with Gasteiger partial charge in [-0.3, -0.25) is 14.5 Å². The third-order valence-corrected chi connectivity index (χ3v) is 5.11. The molecule has 0 aliphatic carbocycles. The molecular formula is C19H19N3O4S2. The molecule has 3 rings (SSSR count). The summed E-state index contributed by atoms with van der Waals surface area (Å²) in [5, 5.41) is 6.11. The van der Waals surface area contributed by atoms with Crippen molar-refractivity contribution in [2.24, 2.45) is 0 Å². The van der Waals surface area contributed by atoms with E-state index in [1.54, 1.807) is 37.6 Å². The van der Waals surface area contributed by atoms with E-state index in [0.29, 0.717) is 23.1 Å². The van der Waals surface area contributed by atoms with Crippen LogP contribution in [0.3, 0.4) is 0 Å². The van der Waals surface area contributed by atoms with Gasteiger partial charge in [0.25, 0.3) is 11.1 Å². The second kappa shape index (κ2) is 9.43. The number of nitrogens with zero attached hydrogens (tertiary/aromatic N) is 1. The highest BCUT2D eigenvalue weighted by Crippen LogP contribution is 2.32. The molecule has 0 bridgehead atoms. The van der Waals surface area contributed by atoms with E-state index in [0.717, 1.165) is 28.8 Å². The lowest BCUT2D eigenvalue weighted by molar-refractivity contribution is -0.122. The Morgan fingerprint density at radius 2 is 2.04 bits per heavy atom. The Labute approximate surface area is 172 Å². The third kappa shape index (κ3) is 5.14. The molecule has 1 saturated heterocycles. The van der Waals surface area contributed by atoms with E-state index in [1.807, 2.05) is 18.2 Å². The summed E-state index contributed by atoms with van der Waals surface area (Å²) in [7, 11) is 1.59. The molecule has 2 aromatic rings. The molecule has 9 heteroatoms. The Kier molecular flexibility index (Phi) is 6.72. The number of hydrogen-bond donors (Lipinski definition) is 2. The van der Waals surface area contributed by atoms with Crippen LogP contribution < -0.4 is 15.4 Å². The number of nitrogens with one attached hydrogen (secondary N) is 2. The first-order chi connectivity index (χ1) is 13.6. The van der Waals surface area contributed by atoms with Crippen molar-refractivity contribution in [2.45, 2.75) is 6.54 Å². The standard InChI is InChI=1S/C19H19N3O4S2/c1-25-14-6-4-13(5-7-14)11-16-17(23)22(19(24)28-16)9-8-20-18(27)21-12-15-3-2-10-26-15/h2-7,10-11H,8-9,12H2,1H3,(H2,20,21,27)/b16-11-. The number of hydrogen-bond acceptors (Lipinski definition) is 6. The van der Waals surface area contributed by atoms with Crippen LogP contribution in [0.1, 0.15) is 11.3 Å². The van der Waals surface area contributed by atoms with Gasteiger partial charge in [0.05, 0.1) is 24.8 Å². The van der Waals surface area contributed by atoms with Crippen molar-refractivity contribution in [3.63, 3.8) is 0 Å². The smallest absolute Gasteiger partial charge is 0.293 e. The summed E-state index contributed by atoms with van der Waals surface area (Å²) >= 11 is 6.11. The van der Waals surface area contributed by atoms with Gasteiger partial charge in [-0.2, -0.15) is 0 Å². The Bertz CT molecular complexity index is 879. The van der Waals surface area contributed by atoms with Gasteiger partial charge in [-0.1, -0.05) is 12.1 Å². The number of thiocarbonyl (C=S) groups is 1. The number of methoxy groups -OCH3 is 1. The lowest BCUT2D eigenvalue weighted by Gasteiger charge is -2.14. The summed E-state index contributed by atoms with van der Waals surface area (Å²) < 4.78 is 10.3. The van der Waals surface area contributed by atoms with Gasteiger partial charge in [0.15, 0.2) is 5.11 Å². The number of imide groups is 1. The lowest BCUT2D eigenvalue weighted by Crippen LogP contribution is -2.41. The van der Waals surface area contributed by atoms with Crippen LogP contribution in [-0.2, 0) is 11.3 Å². The zero-order valence-electron chi connectivity index (χ0n) is 15.1. The Morgan fingerprint density at radius 3 is 2.71 bits per heavy atom. The van der Waals surface area contributed by atoms with Gasteiger partial charge >= 0.3 is 0 Å². The predicted molar refractivity (Wildman–Crippen MR) is 112 cm³/mol. The molecule has 0 radical (unpaired) electrons. The van der Waals surface area contributed by atoms with Crippen molar-refractivity contribution < 1.29 is 18.7 Å². The number of rotatable bonds is 7. The topological polar surface area (TPSA) is 83.8 Å². The summed E-state index contributed by atoms with van der Waals surface area (Å²) in [6.45, 7) is 1.05. The average Bonchev–Trinajstić information content (AvgIpc) is 3.31. The minimum absolute atomic E-state index is 0.229. The molecule has 0 spiro atoms. The number of furan rings is 1. The van der Waals surface area contributed by atoms with Crippen molar-refractivity contribution in [1.82, 2.24) is 15.5 Å². The Morgan fingerprint density at radius 1 is 1.25 bits per heavy atom. The van der Waals surface area contributed by atoms with E-state index < -0.39 is 0 Å². The van der Waals surface area contributed by atoms with Crippen molar-refractivity contribution in [3.8, 4) is 5.75 Å². The molecule has 0 saturated carbocycles. The van der Waals surface area contributed by atoms with Crippen molar-refractivity contribution in [1.29, 1.82) is 0 Å². The van der Waals surface area contributed by atoms with Gasteiger partial charge in [-0.05, 0) is 59.9 Å². The van der Waals surface area contributed by atoms with Gasteiger partial charge in [0.1, 0.15) is 11.5 Å². The van der Waals surface area contributed by atoms with E-state index in [1.165, 1.54) is 4.90 Å². The Balaban J connectivity index is 1.49. The lowest BCUT2D eigenvalue weighted by atomic mass is 10.2. The van der Waals surface area contributed by atoms with Gasteiger partial charge in [0.2, 0.25) is 0 Å². The molecule has 1 fully saturated rings. The van der Waals surface area contributed by atoms with Crippen LogP contribution in [0, 0.1) is 0 Å². The number of carbonyl (C=O) groups is 2. The molecule has 2 amide bonds. The molecule has 146 valence electrons. The zero-order chi connectivity index (χ0) is 19.9. The van der Waals surface area contributed by atoms with E-state index in [2.05, 4.69) is 10.6 Å². The molecule has 1 aromatic carbocycles. The second-order valence-corrected chi connectivity index (χ2v) is 7.20. The second-order valence-electron chi connectivity index (χ2n) is 5.80. The van der Waals surface area contributed by atoms with Gasteiger partial charge in [-0.15, -0.1) is 0 Å². The molecule has 1 aliphatic rings. The minimum Gasteiger partial charge on any atom is -0.497 e. The maximum atomic E-state index is 12.5. The SMILES string of the molecule is COc1ccc(/C=C2\SC(=O)N(CCNC(=S)NCc3ccco3)C2=O)cc1. The number of ether oxygens (including phenoxy) is 1. The molecule has 0 atom stereocenters. The highest BCUT2D eigenvalue weighted by Gasteiger charge is 2.34. The molecule has 2 N–H and O–H groups in total. The first-order valence-corrected chi connectivity index (χ1v) is 9.73. The predicted octanol–water partition coefficient (Wildman–Crippen LogP) is 2.99. The van der Waals surface area contributed by atoms with Crippen LogP contribution in [0.15, 0.2) is 52.0 Å². The third-order valence-electron chi connectivity index (χ3n) is 3.91. The normalized spacial score (nSPS) is 15.2. The summed E-state index contributed by atoms with van der Waals surface area (Å²) in [6, 6.07) is 10.9. The van der Waals surface area contributed by atoms with Crippen LogP contribution in [0.2, 0.25) is 0 Å². The summed E-state index contributed by atoms with van der Waals surface area (Å²) in [6.07, 6.45) is 3.29. The van der Waals surface area contributed by atoms with Crippen LogP contribution in [0.4, 0.5) is 4.79 Å². The Hall–Kier alpha value is -2.78. The van der Waals surface area contributed by atoms with Gasteiger partial charge in [0, 0.05) is 13.1 Å². The molecule has 7 nitrogen and oxygen atoms in total. The molecule has 28 heavy (non-hydrogen) atoms. The largest absolute Gasteiger partial charge is 0.497 e. The quantitative estimate of drug-likeness (QED) is 0.526. The number of amides is 2. The minimum atomic E-state index is -0.304. The monoisotopic (exact) mass is 417 g/mol. The molecule has 0 unspecified atom stereocenters. The zero-order valence-corrected chi connectivity index (χ0v) is 16.8. The van der Waals surface area contributed by atoms with Crippen LogP contribution in [0.25, 0.3) is 6.08 Å². The number of thioether (sulfide) groups is 1. The molecule has 2 heterocycles. The van der Waals surface area contributed by atoms with Crippen molar-refractivity contribution >= 4 is 46.3 Å². The average molecular weight is 418 g/mol. The molecular weight excluding hydrogens is 398 g/mol.